The molecule has 0 aliphatic rings. The summed E-state index contributed by atoms with van der Waals surface area (Å²) in [7, 11) is 0.516. The molecule has 0 saturated heterocycles. The molecule has 0 spiro atoms. The second-order valence-corrected chi connectivity index (χ2v) is 4.09. The van der Waals surface area contributed by atoms with E-state index in [0.29, 0.717) is 8.81 Å². The van der Waals surface area contributed by atoms with E-state index in [9.17, 15) is 0 Å². The van der Waals surface area contributed by atoms with Crippen LogP contribution in [0.1, 0.15) is 26.2 Å². The fraction of sp³-hybridized carbons (Fsp3) is 0.455. The van der Waals surface area contributed by atoms with E-state index < -0.39 is 0 Å². The van der Waals surface area contributed by atoms with Gasteiger partial charge in [0.05, 0.1) is 6.61 Å². The van der Waals surface area contributed by atoms with Crippen LogP contribution in [0, 0.1) is 0 Å². The molecule has 1 atom stereocenters. The molecule has 1 rings (SSSR count). The van der Waals surface area contributed by atoms with Crippen LogP contribution >= 0.6 is 8.81 Å². The zero-order valence-corrected chi connectivity index (χ0v) is 9.12. The smallest absolute Gasteiger partial charge is 0.0509 e. The van der Waals surface area contributed by atoms with Crippen molar-refractivity contribution in [2.45, 2.75) is 26.2 Å². The molecule has 0 aromatic heterocycles. The van der Waals surface area contributed by atoms with Crippen molar-refractivity contribution >= 4 is 14.1 Å². The Labute approximate surface area is 82.4 Å². The summed E-state index contributed by atoms with van der Waals surface area (Å²) in [5.41, 5.74) is 0. The van der Waals surface area contributed by atoms with Crippen molar-refractivity contribution in [1.82, 2.24) is 0 Å². The number of hydrogen-bond acceptors (Lipinski definition) is 1. The van der Waals surface area contributed by atoms with E-state index in [1.807, 2.05) is 6.07 Å². The van der Waals surface area contributed by atoms with Crippen LogP contribution in [-0.2, 0) is 4.52 Å². The third-order valence-electron chi connectivity index (χ3n) is 1.81. The molecule has 0 N–H and O–H groups in total. The molecule has 1 aromatic rings. The van der Waals surface area contributed by atoms with Gasteiger partial charge in [-0.15, -0.1) is 0 Å². The summed E-state index contributed by atoms with van der Waals surface area (Å²) in [4.78, 5) is 0. The largest absolute Gasteiger partial charge is 0.358 e. The van der Waals surface area contributed by atoms with Crippen LogP contribution < -0.4 is 5.30 Å². The van der Waals surface area contributed by atoms with Crippen LogP contribution in [-0.4, -0.2) is 6.61 Å². The lowest BCUT2D eigenvalue weighted by Gasteiger charge is -2.02. The predicted octanol–water partition coefficient (Wildman–Crippen LogP) is 3.11. The molecule has 0 saturated carbocycles. The van der Waals surface area contributed by atoms with Crippen LogP contribution in [0.4, 0.5) is 0 Å². The van der Waals surface area contributed by atoms with Gasteiger partial charge < -0.3 is 4.52 Å². The Bertz CT molecular complexity index is 211. The van der Waals surface area contributed by atoms with Gasteiger partial charge in [-0.1, -0.05) is 50.1 Å². The highest BCUT2D eigenvalue weighted by atomic mass is 31.1. The van der Waals surface area contributed by atoms with E-state index in [2.05, 4.69) is 31.2 Å². The van der Waals surface area contributed by atoms with Gasteiger partial charge in [0.25, 0.3) is 0 Å². The average Bonchev–Trinajstić information content (AvgIpc) is 2.19. The van der Waals surface area contributed by atoms with Gasteiger partial charge in [0.1, 0.15) is 0 Å². The number of hydrogen-bond donors (Lipinski definition) is 0. The summed E-state index contributed by atoms with van der Waals surface area (Å²) in [5.74, 6) is 0. The van der Waals surface area contributed by atoms with Crippen LogP contribution in [0.2, 0.25) is 0 Å². The van der Waals surface area contributed by atoms with Gasteiger partial charge in [-0.25, -0.2) is 0 Å². The van der Waals surface area contributed by atoms with Crippen molar-refractivity contribution in [1.29, 1.82) is 0 Å². The third-order valence-corrected chi connectivity index (χ3v) is 2.73. The summed E-state index contributed by atoms with van der Waals surface area (Å²) in [6, 6.07) is 10.4. The van der Waals surface area contributed by atoms with Crippen molar-refractivity contribution in [2.24, 2.45) is 0 Å². The maximum absolute atomic E-state index is 5.55. The summed E-state index contributed by atoms with van der Waals surface area (Å²) >= 11 is 0. The summed E-state index contributed by atoms with van der Waals surface area (Å²) in [6.45, 7) is 3.11. The molecule has 0 fully saturated rings. The molecule has 0 radical (unpaired) electrons. The molecular formula is C11H17OP. The molecule has 0 bridgehead atoms. The maximum Gasteiger partial charge on any atom is 0.0509 e. The van der Waals surface area contributed by atoms with E-state index in [1.54, 1.807) is 0 Å². The Kier molecular flexibility index (Phi) is 5.80. The fourth-order valence-corrected chi connectivity index (χ4v) is 1.81. The van der Waals surface area contributed by atoms with Crippen LogP contribution in [0.5, 0.6) is 0 Å². The average molecular weight is 196 g/mol. The van der Waals surface area contributed by atoms with Crippen molar-refractivity contribution in [2.75, 3.05) is 6.61 Å². The number of benzene rings is 1. The SMILES string of the molecule is CCCCCOPc1ccccc1. The predicted molar refractivity (Wildman–Crippen MR) is 59.9 cm³/mol. The molecular weight excluding hydrogens is 179 g/mol. The first-order valence-corrected chi connectivity index (χ1v) is 5.77. The van der Waals surface area contributed by atoms with E-state index in [4.69, 9.17) is 4.52 Å². The molecule has 0 aliphatic heterocycles. The Morgan fingerprint density at radius 1 is 1.15 bits per heavy atom. The monoisotopic (exact) mass is 196 g/mol. The van der Waals surface area contributed by atoms with Crippen LogP contribution in [0.15, 0.2) is 30.3 Å². The van der Waals surface area contributed by atoms with Crippen molar-refractivity contribution in [3.63, 3.8) is 0 Å². The first kappa shape index (κ1) is 10.7. The molecule has 72 valence electrons. The van der Waals surface area contributed by atoms with E-state index in [0.717, 1.165) is 6.61 Å². The topological polar surface area (TPSA) is 9.23 Å². The lowest BCUT2D eigenvalue weighted by molar-refractivity contribution is 0.351. The highest BCUT2D eigenvalue weighted by Crippen LogP contribution is 2.12. The minimum atomic E-state index is 0.516. The summed E-state index contributed by atoms with van der Waals surface area (Å²) in [5, 5.41) is 1.29. The minimum Gasteiger partial charge on any atom is -0.358 e. The number of rotatable bonds is 6. The third kappa shape index (κ3) is 5.02. The second kappa shape index (κ2) is 7.06. The maximum atomic E-state index is 5.55. The van der Waals surface area contributed by atoms with Gasteiger partial charge in [-0.3, -0.25) is 0 Å². The van der Waals surface area contributed by atoms with Gasteiger partial charge in [-0.2, -0.15) is 0 Å². The zero-order valence-electron chi connectivity index (χ0n) is 8.12. The molecule has 13 heavy (non-hydrogen) atoms. The van der Waals surface area contributed by atoms with E-state index in [-0.39, 0.29) is 0 Å². The lowest BCUT2D eigenvalue weighted by Crippen LogP contribution is -1.94. The second-order valence-electron chi connectivity index (χ2n) is 3.02. The molecule has 0 amide bonds. The van der Waals surface area contributed by atoms with Crippen molar-refractivity contribution < 1.29 is 4.52 Å². The normalized spacial score (nSPS) is 11.2. The van der Waals surface area contributed by atoms with Gasteiger partial charge in [0, 0.05) is 8.81 Å². The van der Waals surface area contributed by atoms with E-state index >= 15 is 0 Å². The Balaban J connectivity index is 2.07. The molecule has 1 nitrogen and oxygen atoms in total. The lowest BCUT2D eigenvalue weighted by atomic mass is 10.3. The first-order chi connectivity index (χ1) is 6.43. The highest BCUT2D eigenvalue weighted by Gasteiger charge is 1.91. The zero-order chi connectivity index (χ0) is 9.36. The van der Waals surface area contributed by atoms with Crippen molar-refractivity contribution in [3.8, 4) is 0 Å². The minimum absolute atomic E-state index is 0.516. The van der Waals surface area contributed by atoms with E-state index in [1.165, 1.54) is 24.6 Å². The van der Waals surface area contributed by atoms with Gasteiger partial charge in [0.2, 0.25) is 0 Å². The molecule has 1 unspecified atom stereocenters. The molecule has 0 heterocycles. The van der Waals surface area contributed by atoms with Crippen LogP contribution in [0.3, 0.4) is 0 Å². The van der Waals surface area contributed by atoms with Gasteiger partial charge in [0.15, 0.2) is 0 Å². The Morgan fingerprint density at radius 2 is 1.92 bits per heavy atom. The fourth-order valence-electron chi connectivity index (χ4n) is 1.06. The summed E-state index contributed by atoms with van der Waals surface area (Å²) < 4.78 is 5.55. The standard InChI is InChI=1S/C11H17OP/c1-2-3-7-10-12-13-11-8-5-4-6-9-11/h4-6,8-9,13H,2-3,7,10H2,1H3. The molecule has 0 aliphatic carbocycles. The van der Waals surface area contributed by atoms with Crippen LogP contribution in [0.25, 0.3) is 0 Å². The Morgan fingerprint density at radius 3 is 2.62 bits per heavy atom. The summed E-state index contributed by atoms with van der Waals surface area (Å²) in [6.07, 6.45) is 3.73. The molecule has 2 heteroatoms. The highest BCUT2D eigenvalue weighted by molar-refractivity contribution is 7.41. The van der Waals surface area contributed by atoms with Gasteiger partial charge >= 0.3 is 0 Å². The number of unbranched alkanes of at least 4 members (excludes halogenated alkanes) is 2. The molecule has 1 aromatic carbocycles. The van der Waals surface area contributed by atoms with Crippen molar-refractivity contribution in [3.05, 3.63) is 30.3 Å². The quantitative estimate of drug-likeness (QED) is 0.501. The Hall–Kier alpha value is -0.390. The van der Waals surface area contributed by atoms with Gasteiger partial charge in [-0.05, 0) is 11.7 Å². The first-order valence-electron chi connectivity index (χ1n) is 4.86.